The molecule has 0 unspecified atom stereocenters. The van der Waals surface area contributed by atoms with Gasteiger partial charge in [0.25, 0.3) is 5.91 Å². The van der Waals surface area contributed by atoms with Gasteiger partial charge in [-0.05, 0) is 43.2 Å². The number of halogens is 1. The minimum absolute atomic E-state index is 0.0295. The van der Waals surface area contributed by atoms with Crippen molar-refractivity contribution in [2.75, 3.05) is 13.1 Å². The van der Waals surface area contributed by atoms with Crippen LogP contribution in [-0.4, -0.2) is 38.7 Å². The molecule has 6 heteroatoms. The maximum Gasteiger partial charge on any atom is 0.271 e. The van der Waals surface area contributed by atoms with Gasteiger partial charge in [0.2, 0.25) is 0 Å². The van der Waals surface area contributed by atoms with E-state index >= 15 is 0 Å². The zero-order valence-corrected chi connectivity index (χ0v) is 15.3. The Morgan fingerprint density at radius 3 is 2.48 bits per heavy atom. The highest BCUT2D eigenvalue weighted by molar-refractivity contribution is 9.10. The van der Waals surface area contributed by atoms with Crippen LogP contribution in [0.15, 0.2) is 59.3 Å². The number of likely N-dealkylation sites (tertiary alicyclic amines) is 1. The van der Waals surface area contributed by atoms with Crippen LogP contribution in [0.5, 0.6) is 0 Å². The average molecular weight is 399 g/mol. The van der Waals surface area contributed by atoms with Crippen molar-refractivity contribution >= 4 is 21.8 Å². The summed E-state index contributed by atoms with van der Waals surface area (Å²) >= 11 is 3.43. The van der Waals surface area contributed by atoms with Crippen molar-refractivity contribution in [2.24, 2.45) is 0 Å². The maximum atomic E-state index is 12.7. The number of H-pyrrole nitrogens is 1. The SMILES string of the molecule is O=C(c1cc(-c2ccc(Br)cc2)n[nH]1)N1CCC(n2cccc2)CC1. The number of carbonyl (C=O) groups excluding carboxylic acids is 1. The second kappa shape index (κ2) is 6.88. The molecule has 25 heavy (non-hydrogen) atoms. The lowest BCUT2D eigenvalue weighted by atomic mass is 10.0. The molecular weight excluding hydrogens is 380 g/mol. The Labute approximate surface area is 154 Å². The molecule has 0 saturated carbocycles. The van der Waals surface area contributed by atoms with Crippen molar-refractivity contribution in [2.45, 2.75) is 18.9 Å². The van der Waals surface area contributed by atoms with E-state index in [1.165, 1.54) is 0 Å². The van der Waals surface area contributed by atoms with Crippen molar-refractivity contribution in [1.82, 2.24) is 19.7 Å². The molecule has 3 heterocycles. The van der Waals surface area contributed by atoms with Gasteiger partial charge in [0.15, 0.2) is 0 Å². The lowest BCUT2D eigenvalue weighted by molar-refractivity contribution is 0.0688. The number of piperidine rings is 1. The fourth-order valence-corrected chi connectivity index (χ4v) is 3.59. The molecule has 0 atom stereocenters. The van der Waals surface area contributed by atoms with Gasteiger partial charge in [-0.1, -0.05) is 28.1 Å². The van der Waals surface area contributed by atoms with Crippen LogP contribution in [0.2, 0.25) is 0 Å². The summed E-state index contributed by atoms with van der Waals surface area (Å²) in [4.78, 5) is 14.6. The third kappa shape index (κ3) is 3.39. The van der Waals surface area contributed by atoms with Gasteiger partial charge < -0.3 is 9.47 Å². The van der Waals surface area contributed by atoms with E-state index in [-0.39, 0.29) is 5.91 Å². The molecule has 0 bridgehead atoms. The van der Waals surface area contributed by atoms with E-state index in [1.54, 1.807) is 0 Å². The highest BCUT2D eigenvalue weighted by Gasteiger charge is 2.25. The number of rotatable bonds is 3. The Bertz CT molecular complexity index is 846. The van der Waals surface area contributed by atoms with Gasteiger partial charge in [-0.3, -0.25) is 9.89 Å². The fraction of sp³-hybridized carbons (Fsp3) is 0.263. The van der Waals surface area contributed by atoms with Crippen LogP contribution in [0.4, 0.5) is 0 Å². The second-order valence-electron chi connectivity index (χ2n) is 6.33. The maximum absolute atomic E-state index is 12.7. The number of carbonyl (C=O) groups is 1. The predicted molar refractivity (Wildman–Crippen MR) is 100 cm³/mol. The number of hydrogen-bond acceptors (Lipinski definition) is 2. The van der Waals surface area contributed by atoms with Crippen LogP contribution in [0.3, 0.4) is 0 Å². The standard InChI is InChI=1S/C19H19BrN4O/c20-15-5-3-14(4-6-15)17-13-18(22-21-17)19(25)24-11-7-16(8-12-24)23-9-1-2-10-23/h1-6,9-10,13,16H,7-8,11-12H2,(H,21,22). The number of aromatic nitrogens is 3. The zero-order chi connectivity index (χ0) is 17.2. The molecule has 0 spiro atoms. The lowest BCUT2D eigenvalue weighted by Crippen LogP contribution is -2.39. The number of nitrogens with zero attached hydrogens (tertiary/aromatic N) is 3. The van der Waals surface area contributed by atoms with E-state index in [4.69, 9.17) is 0 Å². The molecule has 1 saturated heterocycles. The predicted octanol–water partition coefficient (Wildman–Crippen LogP) is 4.12. The van der Waals surface area contributed by atoms with Gasteiger partial charge in [0.1, 0.15) is 5.69 Å². The summed E-state index contributed by atoms with van der Waals surface area (Å²) in [5.74, 6) is 0.0295. The number of benzene rings is 1. The molecule has 1 aliphatic heterocycles. The average Bonchev–Trinajstić information content (AvgIpc) is 3.34. The summed E-state index contributed by atoms with van der Waals surface area (Å²) in [7, 11) is 0. The van der Waals surface area contributed by atoms with Crippen LogP contribution in [0.25, 0.3) is 11.3 Å². The minimum atomic E-state index is 0.0295. The van der Waals surface area contributed by atoms with E-state index in [2.05, 4.69) is 43.1 Å². The van der Waals surface area contributed by atoms with E-state index in [1.807, 2.05) is 47.4 Å². The molecule has 5 nitrogen and oxygen atoms in total. The molecule has 3 aromatic rings. The monoisotopic (exact) mass is 398 g/mol. The molecule has 1 fully saturated rings. The number of nitrogens with one attached hydrogen (secondary N) is 1. The molecule has 4 rings (SSSR count). The van der Waals surface area contributed by atoms with E-state index in [0.717, 1.165) is 41.7 Å². The van der Waals surface area contributed by atoms with Gasteiger partial charge in [-0.2, -0.15) is 5.10 Å². The van der Waals surface area contributed by atoms with E-state index in [9.17, 15) is 4.79 Å². The first-order chi connectivity index (χ1) is 12.2. The highest BCUT2D eigenvalue weighted by atomic mass is 79.9. The van der Waals surface area contributed by atoms with Crippen LogP contribution >= 0.6 is 15.9 Å². The Balaban J connectivity index is 1.43. The number of amides is 1. The quantitative estimate of drug-likeness (QED) is 0.721. The normalized spacial score (nSPS) is 15.5. The van der Waals surface area contributed by atoms with Crippen molar-refractivity contribution in [3.8, 4) is 11.3 Å². The van der Waals surface area contributed by atoms with Crippen molar-refractivity contribution in [3.05, 3.63) is 65.0 Å². The summed E-state index contributed by atoms with van der Waals surface area (Å²) in [6, 6.07) is 14.3. The van der Waals surface area contributed by atoms with Crippen LogP contribution in [0.1, 0.15) is 29.4 Å². The second-order valence-corrected chi connectivity index (χ2v) is 7.24. The Morgan fingerprint density at radius 1 is 1.12 bits per heavy atom. The molecule has 1 amide bonds. The number of aromatic amines is 1. The van der Waals surface area contributed by atoms with Gasteiger partial charge in [-0.15, -0.1) is 0 Å². The van der Waals surface area contributed by atoms with Crippen molar-refractivity contribution < 1.29 is 4.79 Å². The fourth-order valence-electron chi connectivity index (χ4n) is 3.33. The van der Waals surface area contributed by atoms with Crippen molar-refractivity contribution in [1.29, 1.82) is 0 Å². The topological polar surface area (TPSA) is 53.9 Å². The van der Waals surface area contributed by atoms with Gasteiger partial charge in [-0.25, -0.2) is 0 Å². The van der Waals surface area contributed by atoms with Crippen molar-refractivity contribution in [3.63, 3.8) is 0 Å². The molecular formula is C19H19BrN4O. The first-order valence-corrected chi connectivity index (χ1v) is 9.23. The van der Waals surface area contributed by atoms with Gasteiger partial charge in [0, 0.05) is 41.6 Å². The third-order valence-corrected chi connectivity index (χ3v) is 5.28. The molecule has 1 aliphatic rings. The first kappa shape index (κ1) is 16.1. The molecule has 1 N–H and O–H groups in total. The summed E-state index contributed by atoms with van der Waals surface area (Å²) in [6.07, 6.45) is 6.16. The largest absolute Gasteiger partial charge is 0.351 e. The van der Waals surface area contributed by atoms with Gasteiger partial charge in [0.05, 0.1) is 5.69 Å². The van der Waals surface area contributed by atoms with Gasteiger partial charge >= 0.3 is 0 Å². The third-order valence-electron chi connectivity index (χ3n) is 4.75. The lowest BCUT2D eigenvalue weighted by Gasteiger charge is -2.32. The Hall–Kier alpha value is -2.34. The van der Waals surface area contributed by atoms with E-state index < -0.39 is 0 Å². The Morgan fingerprint density at radius 2 is 1.80 bits per heavy atom. The summed E-state index contributed by atoms with van der Waals surface area (Å²) < 4.78 is 3.26. The summed E-state index contributed by atoms with van der Waals surface area (Å²) in [5.41, 5.74) is 2.33. The van der Waals surface area contributed by atoms with E-state index in [0.29, 0.717) is 11.7 Å². The molecule has 0 radical (unpaired) electrons. The molecule has 2 aromatic heterocycles. The molecule has 128 valence electrons. The number of hydrogen-bond donors (Lipinski definition) is 1. The highest BCUT2D eigenvalue weighted by Crippen LogP contribution is 2.25. The van der Waals surface area contributed by atoms with Crippen LogP contribution in [0, 0.1) is 0 Å². The molecule has 0 aliphatic carbocycles. The summed E-state index contributed by atoms with van der Waals surface area (Å²) in [5, 5.41) is 7.19. The first-order valence-electron chi connectivity index (χ1n) is 8.44. The van der Waals surface area contributed by atoms with Crippen LogP contribution in [-0.2, 0) is 0 Å². The smallest absolute Gasteiger partial charge is 0.271 e. The summed E-state index contributed by atoms with van der Waals surface area (Å²) in [6.45, 7) is 1.54. The van der Waals surface area contributed by atoms with Crippen LogP contribution < -0.4 is 0 Å². The molecule has 1 aromatic carbocycles. The Kier molecular flexibility index (Phi) is 4.44. The zero-order valence-electron chi connectivity index (χ0n) is 13.7. The minimum Gasteiger partial charge on any atom is -0.351 e.